The van der Waals surface area contributed by atoms with E-state index in [1.807, 2.05) is 52.0 Å². The van der Waals surface area contributed by atoms with E-state index in [1.54, 1.807) is 10.9 Å². The van der Waals surface area contributed by atoms with E-state index in [9.17, 15) is 9.90 Å². The Morgan fingerprint density at radius 2 is 2.05 bits per heavy atom. The Morgan fingerprint density at radius 3 is 2.68 bits per heavy atom. The Hall–Kier alpha value is -2.14. The summed E-state index contributed by atoms with van der Waals surface area (Å²) in [7, 11) is 0. The van der Waals surface area contributed by atoms with E-state index in [0.717, 1.165) is 11.3 Å². The minimum Gasteiger partial charge on any atom is -0.391 e. The van der Waals surface area contributed by atoms with Gasteiger partial charge in [0.1, 0.15) is 0 Å². The van der Waals surface area contributed by atoms with Crippen molar-refractivity contribution in [1.82, 2.24) is 15.1 Å². The van der Waals surface area contributed by atoms with Crippen molar-refractivity contribution in [3.8, 4) is 5.69 Å². The van der Waals surface area contributed by atoms with E-state index in [2.05, 4.69) is 10.4 Å². The van der Waals surface area contributed by atoms with E-state index < -0.39 is 6.10 Å². The Kier molecular flexibility index (Phi) is 4.66. The van der Waals surface area contributed by atoms with Gasteiger partial charge in [-0.1, -0.05) is 39.0 Å². The molecule has 1 unspecified atom stereocenters. The monoisotopic (exact) mass is 301 g/mol. The maximum atomic E-state index is 12.1. The van der Waals surface area contributed by atoms with Crippen molar-refractivity contribution >= 4 is 5.91 Å². The number of nitrogens with one attached hydrogen (secondary N) is 1. The highest BCUT2D eigenvalue weighted by atomic mass is 16.3. The van der Waals surface area contributed by atoms with Crippen LogP contribution in [0.2, 0.25) is 0 Å². The van der Waals surface area contributed by atoms with Crippen LogP contribution in [-0.4, -0.2) is 33.4 Å². The van der Waals surface area contributed by atoms with Crippen LogP contribution in [0, 0.1) is 12.3 Å². The maximum Gasteiger partial charge on any atom is 0.254 e. The van der Waals surface area contributed by atoms with Crippen LogP contribution in [0.1, 0.15) is 36.7 Å². The van der Waals surface area contributed by atoms with Crippen LogP contribution >= 0.6 is 0 Å². The first kappa shape index (κ1) is 16.2. The van der Waals surface area contributed by atoms with Crippen molar-refractivity contribution < 1.29 is 9.90 Å². The molecule has 1 aromatic carbocycles. The quantitative estimate of drug-likeness (QED) is 0.910. The molecule has 0 aliphatic rings. The molecular formula is C17H23N3O2. The fourth-order valence-corrected chi connectivity index (χ4v) is 1.99. The predicted molar refractivity (Wildman–Crippen MR) is 86.1 cm³/mol. The van der Waals surface area contributed by atoms with Gasteiger partial charge in [0.25, 0.3) is 5.91 Å². The zero-order valence-corrected chi connectivity index (χ0v) is 13.5. The zero-order valence-electron chi connectivity index (χ0n) is 13.5. The minimum atomic E-state index is -0.595. The number of benzene rings is 1. The SMILES string of the molecule is Cc1ccccc1-n1cc(C(=O)NCC(O)C(C)(C)C)cn1. The molecule has 0 saturated carbocycles. The first-order valence-electron chi connectivity index (χ1n) is 7.36. The number of amides is 1. The summed E-state index contributed by atoms with van der Waals surface area (Å²) in [4.78, 5) is 12.1. The lowest BCUT2D eigenvalue weighted by Gasteiger charge is -2.25. The van der Waals surface area contributed by atoms with Crippen LogP contribution in [0.5, 0.6) is 0 Å². The van der Waals surface area contributed by atoms with Crippen molar-refractivity contribution in [2.75, 3.05) is 6.54 Å². The highest BCUT2D eigenvalue weighted by Gasteiger charge is 2.22. The van der Waals surface area contributed by atoms with Crippen LogP contribution in [0.15, 0.2) is 36.7 Å². The van der Waals surface area contributed by atoms with Gasteiger partial charge in [-0.15, -0.1) is 0 Å². The Morgan fingerprint density at radius 1 is 1.36 bits per heavy atom. The van der Waals surface area contributed by atoms with Crippen LogP contribution in [0.4, 0.5) is 0 Å². The van der Waals surface area contributed by atoms with Crippen LogP contribution in [-0.2, 0) is 0 Å². The summed E-state index contributed by atoms with van der Waals surface area (Å²) < 4.78 is 1.68. The zero-order chi connectivity index (χ0) is 16.3. The molecule has 1 heterocycles. The summed E-state index contributed by atoms with van der Waals surface area (Å²) in [5.41, 5.74) is 2.24. The molecule has 2 aromatic rings. The number of aryl methyl sites for hydroxylation is 1. The number of aliphatic hydroxyl groups is 1. The number of aliphatic hydroxyl groups excluding tert-OH is 1. The topological polar surface area (TPSA) is 67.2 Å². The van der Waals surface area contributed by atoms with Gasteiger partial charge in [0.2, 0.25) is 0 Å². The van der Waals surface area contributed by atoms with E-state index in [-0.39, 0.29) is 17.9 Å². The Bertz CT molecular complexity index is 656. The number of para-hydroxylation sites is 1. The second-order valence-corrected chi connectivity index (χ2v) is 6.55. The lowest BCUT2D eigenvalue weighted by molar-refractivity contribution is 0.0587. The van der Waals surface area contributed by atoms with Crippen molar-refractivity contribution in [2.45, 2.75) is 33.8 Å². The van der Waals surface area contributed by atoms with Crippen molar-refractivity contribution in [3.63, 3.8) is 0 Å². The normalized spacial score (nSPS) is 13.0. The maximum absolute atomic E-state index is 12.1. The summed E-state index contributed by atoms with van der Waals surface area (Å²) in [6.07, 6.45) is 2.63. The minimum absolute atomic E-state index is 0.220. The molecular weight excluding hydrogens is 278 g/mol. The average molecular weight is 301 g/mol. The van der Waals surface area contributed by atoms with Gasteiger partial charge >= 0.3 is 0 Å². The molecule has 5 heteroatoms. The van der Waals surface area contributed by atoms with E-state index >= 15 is 0 Å². The summed E-state index contributed by atoms with van der Waals surface area (Å²) in [6.45, 7) is 8.01. The van der Waals surface area contributed by atoms with E-state index in [1.165, 1.54) is 6.20 Å². The van der Waals surface area contributed by atoms with Gasteiger partial charge < -0.3 is 10.4 Å². The lowest BCUT2D eigenvalue weighted by atomic mass is 9.89. The van der Waals surface area contributed by atoms with Gasteiger partial charge in [-0.05, 0) is 24.0 Å². The van der Waals surface area contributed by atoms with Crippen molar-refractivity contribution in [2.24, 2.45) is 5.41 Å². The standard InChI is InChI=1S/C17H23N3O2/c1-12-7-5-6-8-14(12)20-11-13(9-19-20)16(22)18-10-15(21)17(2,3)4/h5-9,11,15,21H,10H2,1-4H3,(H,18,22). The molecule has 1 amide bonds. The van der Waals surface area contributed by atoms with Crippen LogP contribution in [0.3, 0.4) is 0 Å². The number of aromatic nitrogens is 2. The number of nitrogens with zero attached hydrogens (tertiary/aromatic N) is 2. The van der Waals surface area contributed by atoms with Crippen molar-refractivity contribution in [1.29, 1.82) is 0 Å². The van der Waals surface area contributed by atoms with Gasteiger partial charge in [-0.2, -0.15) is 5.10 Å². The molecule has 0 saturated heterocycles. The number of hydrogen-bond acceptors (Lipinski definition) is 3. The third-order valence-corrected chi connectivity index (χ3v) is 3.66. The Labute approximate surface area is 131 Å². The van der Waals surface area contributed by atoms with Gasteiger partial charge in [0, 0.05) is 12.7 Å². The van der Waals surface area contributed by atoms with Gasteiger partial charge in [-0.25, -0.2) is 4.68 Å². The molecule has 0 fully saturated rings. The first-order chi connectivity index (χ1) is 10.3. The third kappa shape index (κ3) is 3.74. The first-order valence-corrected chi connectivity index (χ1v) is 7.36. The predicted octanol–water partition coefficient (Wildman–Crippen LogP) is 2.32. The molecule has 1 atom stereocenters. The lowest BCUT2D eigenvalue weighted by Crippen LogP contribution is -2.39. The molecule has 5 nitrogen and oxygen atoms in total. The van der Waals surface area contributed by atoms with Crippen LogP contribution in [0.25, 0.3) is 5.69 Å². The number of rotatable bonds is 4. The molecule has 118 valence electrons. The summed E-state index contributed by atoms with van der Waals surface area (Å²) in [5, 5.41) is 16.9. The molecule has 0 bridgehead atoms. The summed E-state index contributed by atoms with van der Waals surface area (Å²) >= 11 is 0. The average Bonchev–Trinajstić information content (AvgIpc) is 2.93. The number of carbonyl (C=O) groups is 1. The smallest absolute Gasteiger partial charge is 0.254 e. The molecule has 2 rings (SSSR count). The van der Waals surface area contributed by atoms with Gasteiger partial charge in [0.05, 0.1) is 23.6 Å². The van der Waals surface area contributed by atoms with E-state index in [0.29, 0.717) is 5.56 Å². The molecule has 0 aliphatic heterocycles. The molecule has 2 N–H and O–H groups in total. The number of carbonyl (C=O) groups excluding carboxylic acids is 1. The third-order valence-electron chi connectivity index (χ3n) is 3.66. The Balaban J connectivity index is 2.06. The fraction of sp³-hybridized carbons (Fsp3) is 0.412. The van der Waals surface area contributed by atoms with Gasteiger partial charge in [-0.3, -0.25) is 4.79 Å². The fourth-order valence-electron chi connectivity index (χ4n) is 1.99. The molecule has 0 spiro atoms. The number of hydrogen-bond donors (Lipinski definition) is 2. The van der Waals surface area contributed by atoms with Crippen molar-refractivity contribution in [3.05, 3.63) is 47.8 Å². The summed E-state index contributed by atoms with van der Waals surface area (Å²) in [5.74, 6) is -0.233. The van der Waals surface area contributed by atoms with E-state index in [4.69, 9.17) is 0 Å². The highest BCUT2D eigenvalue weighted by molar-refractivity contribution is 5.93. The second kappa shape index (κ2) is 6.32. The second-order valence-electron chi connectivity index (χ2n) is 6.55. The highest BCUT2D eigenvalue weighted by Crippen LogP contribution is 2.18. The molecule has 0 aliphatic carbocycles. The largest absolute Gasteiger partial charge is 0.391 e. The molecule has 0 radical (unpaired) electrons. The van der Waals surface area contributed by atoms with Gasteiger partial charge in [0.15, 0.2) is 0 Å². The van der Waals surface area contributed by atoms with Crippen LogP contribution < -0.4 is 5.32 Å². The molecule has 22 heavy (non-hydrogen) atoms. The molecule has 1 aromatic heterocycles. The summed E-state index contributed by atoms with van der Waals surface area (Å²) in [6, 6.07) is 7.84.